The summed E-state index contributed by atoms with van der Waals surface area (Å²) in [6.07, 6.45) is 5.98. The van der Waals surface area contributed by atoms with Crippen molar-refractivity contribution < 1.29 is 60.8 Å². The normalized spacial score (nSPS) is 15.0. The van der Waals surface area contributed by atoms with Crippen LogP contribution in [0.25, 0.3) is 0 Å². The number of benzene rings is 5. The second-order valence-electron chi connectivity index (χ2n) is 23.7. The maximum Gasteiger partial charge on any atom is 0.242 e. The lowest BCUT2D eigenvalue weighted by Crippen LogP contribution is -2.20. The van der Waals surface area contributed by atoms with E-state index in [0.29, 0.717) is 108 Å². The van der Waals surface area contributed by atoms with Crippen molar-refractivity contribution in [2.45, 2.75) is 41.7 Å². The summed E-state index contributed by atoms with van der Waals surface area (Å²) in [5.41, 5.74) is 9.01. The van der Waals surface area contributed by atoms with Crippen molar-refractivity contribution in [2.24, 2.45) is 0 Å². The second-order valence-corrected chi connectivity index (χ2v) is 31.6. The maximum absolute atomic E-state index is 13.8. The topological polar surface area (TPSA) is 252 Å². The van der Waals surface area contributed by atoms with Crippen LogP contribution in [0.2, 0.25) is 10.0 Å². The average molecular weight is 1660 g/mol. The van der Waals surface area contributed by atoms with Crippen LogP contribution in [0.3, 0.4) is 0 Å². The average Bonchev–Trinajstić information content (AvgIpc) is 1.63. The molecule has 10 N–H and O–H groups in total. The molecule has 108 heavy (non-hydrogen) atoms. The van der Waals surface area contributed by atoms with E-state index in [2.05, 4.69) is 81.4 Å². The van der Waals surface area contributed by atoms with Gasteiger partial charge in [0.25, 0.3) is 0 Å². The van der Waals surface area contributed by atoms with Crippen LogP contribution < -0.4 is 76.9 Å². The van der Waals surface area contributed by atoms with E-state index in [1.165, 1.54) is 63.9 Å². The van der Waals surface area contributed by atoms with Crippen molar-refractivity contribution in [1.29, 1.82) is 0 Å². The number of hydrogen-bond donors (Lipinski definition) is 10. The molecule has 5 aromatic carbocycles. The molecule has 15 rings (SSSR count). The Balaban J connectivity index is 0.000000134. The van der Waals surface area contributed by atoms with Crippen molar-refractivity contribution in [1.82, 2.24) is 10.6 Å². The molecule has 0 aliphatic carbocycles. The van der Waals surface area contributed by atoms with Crippen molar-refractivity contribution in [3.05, 3.63) is 212 Å². The molecule has 3 unspecified atom stereocenters. The lowest BCUT2D eigenvalue weighted by atomic mass is 10.1. The van der Waals surface area contributed by atoms with Crippen LogP contribution in [0.4, 0.5) is 58.0 Å². The lowest BCUT2D eigenvalue weighted by Gasteiger charge is -2.14. The van der Waals surface area contributed by atoms with E-state index in [0.717, 1.165) is 65.2 Å². The molecule has 0 fully saturated rings. The Kier molecular flexibility index (Phi) is 30.2. The Labute approximate surface area is 665 Å². The number of amides is 5. The van der Waals surface area contributed by atoms with Crippen LogP contribution in [0.1, 0.15) is 54.0 Å². The van der Waals surface area contributed by atoms with Gasteiger partial charge in [0.15, 0.2) is 0 Å². The van der Waals surface area contributed by atoms with Crippen LogP contribution in [0, 0.1) is 17.5 Å². The van der Waals surface area contributed by atoms with Gasteiger partial charge >= 0.3 is 0 Å². The van der Waals surface area contributed by atoms with Gasteiger partial charge in [0, 0.05) is 101 Å². The van der Waals surface area contributed by atoms with Crippen LogP contribution in [0.5, 0.6) is 28.7 Å². The number of carbonyl (C=O) groups excluding carboxylic acids is 5. The van der Waals surface area contributed by atoms with Gasteiger partial charge in [-0.15, -0.1) is 58.0 Å². The summed E-state index contributed by atoms with van der Waals surface area (Å²) >= 11 is 25.0. The number of rotatable bonds is 30. The van der Waals surface area contributed by atoms with Gasteiger partial charge in [-0.1, -0.05) is 29.3 Å². The molecule has 568 valence electrons. The number of halogens is 5. The van der Waals surface area contributed by atoms with E-state index in [-0.39, 0.29) is 69.9 Å². The summed E-state index contributed by atoms with van der Waals surface area (Å²) in [7, 11) is 0. The Bertz CT molecular complexity index is 4440. The van der Waals surface area contributed by atoms with Gasteiger partial charge in [-0.3, -0.25) is 24.0 Å². The minimum atomic E-state index is -0.427. The predicted octanol–water partition coefficient (Wildman–Crippen LogP) is 17.3. The zero-order valence-electron chi connectivity index (χ0n) is 58.3. The third kappa shape index (κ3) is 21.4. The largest absolute Gasteiger partial charge is 0.492 e. The summed E-state index contributed by atoms with van der Waals surface area (Å²) in [6, 6.07) is 30.1. The summed E-state index contributed by atoms with van der Waals surface area (Å²) in [5, 5.41) is 47.1. The lowest BCUT2D eigenvalue weighted by molar-refractivity contribution is -0.116. The fourth-order valence-electron chi connectivity index (χ4n) is 11.5. The molecule has 3 atom stereocenters. The molecule has 0 saturated heterocycles. The molecule has 5 aromatic heterocycles. The quantitative estimate of drug-likeness (QED) is 0.0188. The molecule has 5 aliphatic heterocycles. The van der Waals surface area contributed by atoms with Crippen molar-refractivity contribution in [2.75, 3.05) is 127 Å². The first-order valence-electron chi connectivity index (χ1n) is 33.7. The van der Waals surface area contributed by atoms with E-state index >= 15 is 0 Å². The first-order chi connectivity index (χ1) is 52.6. The van der Waals surface area contributed by atoms with Crippen molar-refractivity contribution in [3.63, 3.8) is 0 Å². The number of carbonyl (C=O) groups is 5. The zero-order valence-corrected chi connectivity index (χ0v) is 66.3. The molecule has 5 amide bonds. The number of hydrogen-bond acceptors (Lipinski definition) is 23. The second kappa shape index (κ2) is 40.4. The molecule has 0 bridgehead atoms. The molecule has 10 heterocycles. The minimum absolute atomic E-state index is 0.0405. The Morgan fingerprint density at radius 1 is 0.426 bits per heavy atom. The summed E-state index contributed by atoms with van der Waals surface area (Å²) in [4.78, 5) is 59.9. The third-order valence-corrected chi connectivity index (χ3v) is 23.7. The molecule has 10 aromatic rings. The first kappa shape index (κ1) is 80.7. The predicted molar refractivity (Wildman–Crippen MR) is 439 cm³/mol. The van der Waals surface area contributed by atoms with Crippen molar-refractivity contribution in [3.8, 4) is 28.7 Å². The number of fused-ring (bicyclic) bond motifs is 5. The third-order valence-electron chi connectivity index (χ3n) is 16.5. The molecule has 0 spiro atoms. The van der Waals surface area contributed by atoms with Gasteiger partial charge < -0.3 is 76.9 Å². The Morgan fingerprint density at radius 3 is 1.28 bits per heavy atom. The number of ether oxygens (including phenoxy) is 5. The molecule has 5 aliphatic rings. The van der Waals surface area contributed by atoms with Gasteiger partial charge in [0.1, 0.15) is 95.0 Å². The Morgan fingerprint density at radius 2 is 0.833 bits per heavy atom. The van der Waals surface area contributed by atoms with E-state index in [1.807, 2.05) is 88.1 Å². The summed E-state index contributed by atoms with van der Waals surface area (Å²) in [5.74, 6) is 1.17. The molecule has 0 radical (unpaired) electrons. The molecular formula is C75H75Cl2F3N10O10S8. The summed E-state index contributed by atoms with van der Waals surface area (Å²) < 4.78 is 69.7. The fourth-order valence-corrected chi connectivity index (χ4v) is 17.4. The van der Waals surface area contributed by atoms with Gasteiger partial charge in [-0.05, 0) is 154 Å². The monoisotopic (exact) mass is 1660 g/mol. The smallest absolute Gasteiger partial charge is 0.242 e. The molecule has 20 nitrogen and oxygen atoms in total. The highest BCUT2D eigenvalue weighted by Gasteiger charge is 2.38. The van der Waals surface area contributed by atoms with Crippen molar-refractivity contribution >= 4 is 190 Å². The number of thiophene rings is 5. The standard InChI is InChI=1S/2C16H17ClN2O2S2.C15H15FN2O2S2.2C14H13FN2O2S/c1-22-15-13-12(3-2-11(17)14(13)19-16(15)20)21-6-5-18-8-10-4-7-23-9-10;1-22-15-13-12(5-4-11(17)14(13)19-16(15)20)21-7-6-18-9-10-3-2-8-23-10;1-21-14-12-11(3-2-10(16)13(12)18-15(14)19)20-6-5-17-9-4-7-22-8-9;15-11-1-2-12(10-7-13(18)17-14(10)11)19-5-4-16-9-3-6-20-8-9;15-10-3-4-11(9-8-12(18)17-14(9)10)19-6-5-16-13-2-1-7-20-13/h2-4,7,9,15,18H,5-6,8H2,1H3,(H,19,20);2-5,8,15,18H,6-7,9H2,1H3,(H,19,20);2-4,7-8,14,17H,5-6H2,1H3,(H,18,19);1-3,6,8,16H,4-5,7H2,(H,17,18);1-4,7,16H,5-6,8H2,(H,17,18). The highest BCUT2D eigenvalue weighted by Crippen LogP contribution is 2.50. The molecule has 33 heteroatoms. The maximum atomic E-state index is 13.8. The number of nitrogens with one attached hydrogen (secondary N) is 10. The fraction of sp³-hybridized carbons (Fsp3) is 0.267. The van der Waals surface area contributed by atoms with Gasteiger partial charge in [0.2, 0.25) is 29.5 Å². The van der Waals surface area contributed by atoms with Crippen LogP contribution in [-0.2, 0) is 49.9 Å². The SMILES string of the molecule is CSC1C(=O)Nc2c(Cl)ccc(OCCNCc3cccs3)c21.CSC1C(=O)Nc2c(Cl)ccc(OCCNCc3ccsc3)c21.CSC1C(=O)Nc2c(F)ccc(OCCNc3ccsc3)c21.O=C1Cc2c(OCCNc3cccs3)ccc(F)c2N1.O=C1Cc2c(OCCNc3ccsc3)ccc(F)c2N1. The van der Waals surface area contributed by atoms with E-state index in [1.54, 1.807) is 87.0 Å². The molecular weight excluding hydrogens is 1590 g/mol. The van der Waals surface area contributed by atoms with E-state index in [4.69, 9.17) is 46.9 Å². The van der Waals surface area contributed by atoms with Gasteiger partial charge in [0.05, 0.1) is 56.3 Å². The van der Waals surface area contributed by atoms with Crippen LogP contribution in [-0.4, -0.2) is 114 Å². The minimum Gasteiger partial charge on any atom is -0.492 e. The van der Waals surface area contributed by atoms with E-state index in [9.17, 15) is 37.1 Å². The van der Waals surface area contributed by atoms with E-state index < -0.39 is 22.7 Å². The number of thioether (sulfide) groups is 3. The highest BCUT2D eigenvalue weighted by atomic mass is 35.5. The van der Waals surface area contributed by atoms with Crippen LogP contribution in [0.15, 0.2) is 146 Å². The van der Waals surface area contributed by atoms with Crippen LogP contribution >= 0.6 is 115 Å². The Hall–Kier alpha value is -8.31. The number of anilines is 8. The molecule has 0 saturated carbocycles. The first-order valence-corrected chi connectivity index (χ1v) is 42.9. The van der Waals surface area contributed by atoms with Gasteiger partial charge in [-0.2, -0.15) is 34.0 Å². The highest BCUT2D eigenvalue weighted by molar-refractivity contribution is 8.00. The van der Waals surface area contributed by atoms with Gasteiger partial charge in [-0.25, -0.2) is 13.2 Å². The summed E-state index contributed by atoms with van der Waals surface area (Å²) in [6.45, 7) is 7.47. The zero-order chi connectivity index (χ0) is 75.9.